The zero-order valence-corrected chi connectivity index (χ0v) is 12.9. The first-order valence-electron chi connectivity index (χ1n) is 6.57. The number of benzene rings is 1. The van der Waals surface area contributed by atoms with Crippen LogP contribution in [0.15, 0.2) is 18.2 Å². The second kappa shape index (κ2) is 6.76. The maximum Gasteiger partial charge on any atom is 0.305 e. The van der Waals surface area contributed by atoms with Crippen LogP contribution in [0.1, 0.15) is 18.0 Å². The summed E-state index contributed by atoms with van der Waals surface area (Å²) in [6, 6.07) is 5.16. The molecular weight excluding hydrogens is 299 g/mol. The van der Waals surface area contributed by atoms with Crippen molar-refractivity contribution in [1.29, 1.82) is 0 Å². The molecule has 0 bridgehead atoms. The van der Waals surface area contributed by atoms with Crippen molar-refractivity contribution in [3.63, 3.8) is 0 Å². The van der Waals surface area contributed by atoms with Gasteiger partial charge in [0.15, 0.2) is 0 Å². The van der Waals surface area contributed by atoms with Crippen molar-refractivity contribution in [3.8, 4) is 0 Å². The highest BCUT2D eigenvalue weighted by molar-refractivity contribution is 6.42. The van der Waals surface area contributed by atoms with Crippen LogP contribution < -0.4 is 0 Å². The standard InChI is InChI=1S/C14H18Cl2N2O2/c1-17-5-7-18(8-6-17)12(9-13(19)20)10-3-2-4-11(15)14(10)16/h2-4,12H,5-9H2,1H3,(H,19,20). The van der Waals surface area contributed by atoms with Crippen LogP contribution in [0.3, 0.4) is 0 Å². The van der Waals surface area contributed by atoms with E-state index in [1.54, 1.807) is 6.07 Å². The summed E-state index contributed by atoms with van der Waals surface area (Å²) in [5.41, 5.74) is 0.797. The van der Waals surface area contributed by atoms with E-state index in [1.807, 2.05) is 12.1 Å². The van der Waals surface area contributed by atoms with Gasteiger partial charge in [0.1, 0.15) is 0 Å². The molecule has 4 nitrogen and oxygen atoms in total. The molecule has 20 heavy (non-hydrogen) atoms. The average molecular weight is 317 g/mol. The maximum absolute atomic E-state index is 11.2. The van der Waals surface area contributed by atoms with Crippen LogP contribution in [-0.4, -0.2) is 54.1 Å². The third-order valence-corrected chi connectivity index (χ3v) is 4.52. The van der Waals surface area contributed by atoms with Crippen molar-refractivity contribution in [2.45, 2.75) is 12.5 Å². The molecular formula is C14H18Cl2N2O2. The normalized spacial score (nSPS) is 18.9. The Balaban J connectivity index is 2.27. The minimum absolute atomic E-state index is 0.0315. The van der Waals surface area contributed by atoms with Crippen LogP contribution in [0, 0.1) is 0 Å². The van der Waals surface area contributed by atoms with E-state index >= 15 is 0 Å². The molecule has 110 valence electrons. The summed E-state index contributed by atoms with van der Waals surface area (Å²) in [7, 11) is 2.07. The van der Waals surface area contributed by atoms with E-state index in [4.69, 9.17) is 23.2 Å². The lowest BCUT2D eigenvalue weighted by Crippen LogP contribution is -2.46. The number of nitrogens with zero attached hydrogens (tertiary/aromatic N) is 2. The number of carbonyl (C=O) groups is 1. The van der Waals surface area contributed by atoms with Crippen molar-refractivity contribution in [1.82, 2.24) is 9.80 Å². The third-order valence-electron chi connectivity index (χ3n) is 3.69. The first kappa shape index (κ1) is 15.6. The van der Waals surface area contributed by atoms with E-state index in [0.717, 1.165) is 31.7 Å². The number of halogens is 2. The van der Waals surface area contributed by atoms with Gasteiger partial charge in [0.25, 0.3) is 0 Å². The zero-order valence-electron chi connectivity index (χ0n) is 11.4. The van der Waals surface area contributed by atoms with Gasteiger partial charge in [-0.2, -0.15) is 0 Å². The summed E-state index contributed by atoms with van der Waals surface area (Å²) in [4.78, 5) is 15.6. The molecule has 1 aromatic carbocycles. The lowest BCUT2D eigenvalue weighted by atomic mass is 10.0. The summed E-state index contributed by atoms with van der Waals surface area (Å²) < 4.78 is 0. The Hall–Kier alpha value is -0.810. The highest BCUT2D eigenvalue weighted by Crippen LogP contribution is 2.35. The van der Waals surface area contributed by atoms with Gasteiger partial charge >= 0.3 is 5.97 Å². The minimum Gasteiger partial charge on any atom is -0.481 e. The van der Waals surface area contributed by atoms with Crippen LogP contribution in [0.4, 0.5) is 0 Å². The van der Waals surface area contributed by atoms with Gasteiger partial charge in [-0.3, -0.25) is 9.69 Å². The zero-order chi connectivity index (χ0) is 14.7. The fraction of sp³-hybridized carbons (Fsp3) is 0.500. The van der Waals surface area contributed by atoms with Gasteiger partial charge in [0.2, 0.25) is 0 Å². The molecule has 1 unspecified atom stereocenters. The summed E-state index contributed by atoms with van der Waals surface area (Å²) in [6.07, 6.45) is 0.0315. The molecule has 1 heterocycles. The van der Waals surface area contributed by atoms with Gasteiger partial charge in [0.05, 0.1) is 16.5 Å². The van der Waals surface area contributed by atoms with Crippen LogP contribution in [0.2, 0.25) is 10.0 Å². The number of hydrogen-bond donors (Lipinski definition) is 1. The molecule has 0 aliphatic carbocycles. The van der Waals surface area contributed by atoms with Gasteiger partial charge in [-0.1, -0.05) is 35.3 Å². The molecule has 0 radical (unpaired) electrons. The lowest BCUT2D eigenvalue weighted by molar-refractivity contribution is -0.138. The topological polar surface area (TPSA) is 43.8 Å². The van der Waals surface area contributed by atoms with Gasteiger partial charge < -0.3 is 10.0 Å². The Morgan fingerprint density at radius 2 is 1.95 bits per heavy atom. The van der Waals surface area contributed by atoms with Crippen LogP contribution in [0.25, 0.3) is 0 Å². The van der Waals surface area contributed by atoms with E-state index in [2.05, 4.69) is 16.8 Å². The maximum atomic E-state index is 11.2. The number of piperazine rings is 1. The fourth-order valence-electron chi connectivity index (χ4n) is 2.51. The minimum atomic E-state index is -0.829. The highest BCUT2D eigenvalue weighted by Gasteiger charge is 2.27. The molecule has 0 spiro atoms. The Labute approximate surface area is 128 Å². The second-order valence-electron chi connectivity index (χ2n) is 5.10. The smallest absolute Gasteiger partial charge is 0.305 e. The monoisotopic (exact) mass is 316 g/mol. The fourth-order valence-corrected chi connectivity index (χ4v) is 2.95. The first-order valence-corrected chi connectivity index (χ1v) is 7.33. The van der Waals surface area contributed by atoms with Crippen molar-refractivity contribution in [2.24, 2.45) is 0 Å². The molecule has 2 rings (SSSR count). The summed E-state index contributed by atoms with van der Waals surface area (Å²) in [6.45, 7) is 3.51. The number of hydrogen-bond acceptors (Lipinski definition) is 3. The van der Waals surface area contributed by atoms with Crippen LogP contribution in [-0.2, 0) is 4.79 Å². The second-order valence-corrected chi connectivity index (χ2v) is 5.88. The van der Waals surface area contributed by atoms with Gasteiger partial charge in [-0.05, 0) is 18.7 Å². The van der Waals surface area contributed by atoms with Crippen molar-refractivity contribution < 1.29 is 9.90 Å². The number of carboxylic acid groups (broad SMARTS) is 1. The number of likely N-dealkylation sites (N-methyl/N-ethyl adjacent to an activating group) is 1. The summed E-state index contributed by atoms with van der Waals surface area (Å²) >= 11 is 12.3. The van der Waals surface area contributed by atoms with E-state index < -0.39 is 5.97 Å². The van der Waals surface area contributed by atoms with E-state index in [9.17, 15) is 9.90 Å². The van der Waals surface area contributed by atoms with Gasteiger partial charge in [-0.15, -0.1) is 0 Å². The molecule has 1 atom stereocenters. The molecule has 1 aliphatic rings. The molecule has 6 heteroatoms. The third kappa shape index (κ3) is 3.64. The molecule has 1 aliphatic heterocycles. The number of aliphatic carboxylic acids is 1. The van der Waals surface area contributed by atoms with Crippen molar-refractivity contribution >= 4 is 29.2 Å². The number of carboxylic acids is 1. The van der Waals surface area contributed by atoms with Gasteiger partial charge in [0, 0.05) is 32.2 Å². The SMILES string of the molecule is CN1CCN(C(CC(=O)O)c2cccc(Cl)c2Cl)CC1. The summed E-state index contributed by atoms with van der Waals surface area (Å²) in [5.74, 6) is -0.829. The Bertz CT molecular complexity index is 488. The van der Waals surface area contributed by atoms with Gasteiger partial charge in [-0.25, -0.2) is 0 Å². The Kier molecular flexibility index (Phi) is 5.27. The molecule has 1 N–H and O–H groups in total. The lowest BCUT2D eigenvalue weighted by Gasteiger charge is -2.38. The van der Waals surface area contributed by atoms with Crippen molar-refractivity contribution in [2.75, 3.05) is 33.2 Å². The molecule has 0 amide bonds. The predicted molar refractivity (Wildman–Crippen MR) is 80.5 cm³/mol. The van der Waals surface area contributed by atoms with Crippen LogP contribution in [0.5, 0.6) is 0 Å². The first-order chi connectivity index (χ1) is 9.49. The Morgan fingerprint density at radius 3 is 2.55 bits per heavy atom. The molecule has 1 saturated heterocycles. The quantitative estimate of drug-likeness (QED) is 0.927. The number of rotatable bonds is 4. The Morgan fingerprint density at radius 1 is 1.30 bits per heavy atom. The molecule has 0 saturated carbocycles. The largest absolute Gasteiger partial charge is 0.481 e. The van der Waals surface area contributed by atoms with E-state index in [0.29, 0.717) is 10.0 Å². The van der Waals surface area contributed by atoms with Crippen molar-refractivity contribution in [3.05, 3.63) is 33.8 Å². The highest BCUT2D eigenvalue weighted by atomic mass is 35.5. The predicted octanol–water partition coefficient (Wildman–Crippen LogP) is 2.76. The molecule has 0 aromatic heterocycles. The molecule has 1 fully saturated rings. The summed E-state index contributed by atoms with van der Waals surface area (Å²) in [5, 5.41) is 10.1. The van der Waals surface area contributed by atoms with E-state index in [-0.39, 0.29) is 12.5 Å². The molecule has 1 aromatic rings. The van der Waals surface area contributed by atoms with Crippen LogP contribution >= 0.6 is 23.2 Å². The van der Waals surface area contributed by atoms with E-state index in [1.165, 1.54) is 0 Å². The average Bonchev–Trinajstić information content (AvgIpc) is 2.40.